The number of aliphatic hydroxyl groups excluding tert-OH is 1. The molecule has 0 saturated heterocycles. The van der Waals surface area contributed by atoms with Gasteiger partial charge in [-0.1, -0.05) is 19.9 Å². The number of hydrogen-bond acceptors (Lipinski definition) is 3. The molecule has 1 saturated carbocycles. The number of rotatable bonds is 11. The zero-order chi connectivity index (χ0) is 21.0. The van der Waals surface area contributed by atoms with Crippen LogP contribution < -0.4 is 15.0 Å². The van der Waals surface area contributed by atoms with Crippen LogP contribution in [0, 0.1) is 17.3 Å². The van der Waals surface area contributed by atoms with Gasteiger partial charge in [-0.25, -0.2) is 0 Å². The molecule has 1 fully saturated rings. The number of likely N-dealkylation sites (N-methyl/N-ethyl adjacent to an activating group) is 1. The number of nitrogens with one attached hydrogen (secondary N) is 1. The van der Waals surface area contributed by atoms with E-state index in [1.807, 2.05) is 12.1 Å². The summed E-state index contributed by atoms with van der Waals surface area (Å²) in [7, 11) is 6.04. The van der Waals surface area contributed by atoms with Crippen molar-refractivity contribution in [3.63, 3.8) is 0 Å². The lowest BCUT2D eigenvalue weighted by atomic mass is 9.49. The number of quaternary nitrogens is 2. The van der Waals surface area contributed by atoms with Crippen LogP contribution in [0.2, 0.25) is 0 Å². The van der Waals surface area contributed by atoms with E-state index >= 15 is 0 Å². The number of methoxy groups -OCH3 is 1. The lowest BCUT2D eigenvalue weighted by Crippen LogP contribution is -3.09. The molecule has 5 nitrogen and oxygen atoms in total. The van der Waals surface area contributed by atoms with Gasteiger partial charge in [0.25, 0.3) is 0 Å². The highest BCUT2D eigenvalue weighted by Gasteiger charge is 2.50. The maximum atomic E-state index is 10.3. The van der Waals surface area contributed by atoms with Crippen molar-refractivity contribution in [2.24, 2.45) is 17.3 Å². The summed E-state index contributed by atoms with van der Waals surface area (Å²) < 4.78 is 11.1. The number of benzene rings is 1. The molecule has 1 aromatic carbocycles. The molecule has 162 valence electrons. The highest BCUT2D eigenvalue weighted by Crippen LogP contribution is 2.59. The highest BCUT2D eigenvalue weighted by molar-refractivity contribution is 5.28. The van der Waals surface area contributed by atoms with E-state index < -0.39 is 6.10 Å². The summed E-state index contributed by atoms with van der Waals surface area (Å²) in [5, 5.41) is 12.6. The van der Waals surface area contributed by atoms with Crippen molar-refractivity contribution in [2.45, 2.75) is 38.8 Å². The van der Waals surface area contributed by atoms with E-state index in [1.54, 1.807) is 7.11 Å². The Labute approximate surface area is 176 Å². The molecule has 4 rings (SSSR count). The standard InChI is InChI=1S/C24H38N2O3/c1-24(2)19-9-6-18(22(24)12-19)15-29-16-20(27)13-25-14-23(26(3)4)17-7-10-21(28-5)11-8-17/h6-8,10-11,19-20,22-23,25,27H,9,12-16H2,1-5H3/p+2/t19-,20-,22-,23+/m0/s1. The summed E-state index contributed by atoms with van der Waals surface area (Å²) in [6, 6.07) is 8.66. The molecule has 5 heteroatoms. The Morgan fingerprint density at radius 2 is 1.93 bits per heavy atom. The maximum absolute atomic E-state index is 10.3. The first-order chi connectivity index (χ1) is 13.8. The molecule has 4 N–H and O–H groups in total. The molecule has 29 heavy (non-hydrogen) atoms. The zero-order valence-corrected chi connectivity index (χ0v) is 18.8. The van der Waals surface area contributed by atoms with Crippen LogP contribution in [0.3, 0.4) is 0 Å². The summed E-state index contributed by atoms with van der Waals surface area (Å²) in [6.45, 7) is 7.44. The molecular weight excluding hydrogens is 364 g/mol. The molecule has 0 radical (unpaired) electrons. The number of fused-ring (bicyclic) bond motifs is 1. The van der Waals surface area contributed by atoms with E-state index in [9.17, 15) is 5.11 Å². The van der Waals surface area contributed by atoms with Crippen LogP contribution in [0.4, 0.5) is 0 Å². The van der Waals surface area contributed by atoms with Gasteiger partial charge in [0.2, 0.25) is 0 Å². The zero-order valence-electron chi connectivity index (χ0n) is 18.8. The third-order valence-electron chi connectivity index (χ3n) is 7.22. The monoisotopic (exact) mass is 404 g/mol. The van der Waals surface area contributed by atoms with Gasteiger partial charge in [0.15, 0.2) is 6.04 Å². The van der Waals surface area contributed by atoms with Crippen molar-refractivity contribution in [3.8, 4) is 5.75 Å². The quantitative estimate of drug-likeness (QED) is 0.479. The summed E-state index contributed by atoms with van der Waals surface area (Å²) in [5.41, 5.74) is 3.17. The Morgan fingerprint density at radius 3 is 2.52 bits per heavy atom. The molecular formula is C24H40N2O3+2. The number of nitrogens with two attached hydrogens (primary N) is 1. The molecule has 3 aliphatic carbocycles. The fourth-order valence-electron chi connectivity index (χ4n) is 5.02. The first kappa shape index (κ1) is 22.3. The molecule has 0 amide bonds. The Morgan fingerprint density at radius 1 is 1.21 bits per heavy atom. The average Bonchev–Trinajstić information content (AvgIpc) is 2.71. The van der Waals surface area contributed by atoms with Gasteiger partial charge in [-0.15, -0.1) is 0 Å². The molecule has 0 spiro atoms. The van der Waals surface area contributed by atoms with Crippen LogP contribution in [-0.4, -0.2) is 58.7 Å². The molecule has 3 aliphatic rings. The highest BCUT2D eigenvalue weighted by atomic mass is 16.5. The van der Waals surface area contributed by atoms with E-state index in [-0.39, 0.29) is 0 Å². The Bertz CT molecular complexity index is 684. The number of allylic oxidation sites excluding steroid dienone is 1. The SMILES string of the molecule is COc1ccc([C@@H](C[NH2+]C[C@H](O)COCC2=CC[C@H]3C[C@@H]2C3(C)C)[NH+](C)C)cc1. The Kier molecular flexibility index (Phi) is 7.38. The van der Waals surface area contributed by atoms with Crippen molar-refractivity contribution in [1.29, 1.82) is 0 Å². The van der Waals surface area contributed by atoms with Gasteiger partial charge in [0.1, 0.15) is 24.9 Å². The summed E-state index contributed by atoms with van der Waals surface area (Å²) in [5.74, 6) is 2.42. The largest absolute Gasteiger partial charge is 0.497 e. The van der Waals surface area contributed by atoms with Gasteiger partial charge in [0, 0.05) is 5.56 Å². The fourth-order valence-corrected chi connectivity index (χ4v) is 5.02. The minimum Gasteiger partial charge on any atom is -0.497 e. The first-order valence-electron chi connectivity index (χ1n) is 11.0. The minimum atomic E-state index is -0.435. The van der Waals surface area contributed by atoms with Crippen molar-refractivity contribution >= 4 is 0 Å². The van der Waals surface area contributed by atoms with Crippen molar-refractivity contribution in [1.82, 2.24) is 0 Å². The summed E-state index contributed by atoms with van der Waals surface area (Å²) in [6.07, 6.45) is 4.45. The van der Waals surface area contributed by atoms with Crippen LogP contribution >= 0.6 is 0 Å². The lowest BCUT2D eigenvalue weighted by Gasteiger charge is -2.56. The van der Waals surface area contributed by atoms with Crippen molar-refractivity contribution in [3.05, 3.63) is 41.5 Å². The van der Waals surface area contributed by atoms with Crippen LogP contribution in [0.25, 0.3) is 0 Å². The summed E-state index contributed by atoms with van der Waals surface area (Å²) in [4.78, 5) is 1.38. The third-order valence-corrected chi connectivity index (χ3v) is 7.22. The molecule has 0 heterocycles. The predicted octanol–water partition coefficient (Wildman–Crippen LogP) is 0.814. The Balaban J connectivity index is 1.38. The van der Waals surface area contributed by atoms with Gasteiger partial charge in [-0.3, -0.25) is 0 Å². The molecule has 0 aromatic heterocycles. The normalized spacial score (nSPS) is 24.6. The van der Waals surface area contributed by atoms with Crippen LogP contribution in [0.5, 0.6) is 5.75 Å². The lowest BCUT2D eigenvalue weighted by molar-refractivity contribution is -0.909. The second-order valence-corrected chi connectivity index (χ2v) is 9.65. The number of aliphatic hydroxyl groups is 1. The minimum absolute atomic E-state index is 0.371. The maximum Gasteiger partial charge on any atom is 0.162 e. The van der Waals surface area contributed by atoms with Crippen molar-refractivity contribution < 1.29 is 24.8 Å². The second kappa shape index (κ2) is 9.61. The molecule has 0 aliphatic heterocycles. The molecule has 1 aromatic rings. The molecule has 0 unspecified atom stereocenters. The van der Waals surface area contributed by atoms with E-state index in [0.29, 0.717) is 37.1 Å². The Hall–Kier alpha value is -1.40. The number of hydrogen-bond donors (Lipinski definition) is 3. The summed E-state index contributed by atoms with van der Waals surface area (Å²) >= 11 is 0. The van der Waals surface area contributed by atoms with Crippen LogP contribution in [0.1, 0.15) is 38.3 Å². The van der Waals surface area contributed by atoms with Gasteiger partial charge < -0.3 is 24.8 Å². The topological polar surface area (TPSA) is 59.7 Å². The molecule has 2 bridgehead atoms. The van der Waals surface area contributed by atoms with Gasteiger partial charge in [-0.05, 0) is 59.9 Å². The van der Waals surface area contributed by atoms with E-state index in [4.69, 9.17) is 9.47 Å². The smallest absolute Gasteiger partial charge is 0.162 e. The van der Waals surface area contributed by atoms with Crippen LogP contribution in [0.15, 0.2) is 35.9 Å². The third kappa shape index (κ3) is 5.21. The van der Waals surface area contributed by atoms with Gasteiger partial charge >= 0.3 is 0 Å². The number of ether oxygens (including phenoxy) is 2. The second-order valence-electron chi connectivity index (χ2n) is 9.65. The van der Waals surface area contributed by atoms with E-state index in [0.717, 1.165) is 18.2 Å². The van der Waals surface area contributed by atoms with E-state index in [1.165, 1.54) is 28.9 Å². The fraction of sp³-hybridized carbons (Fsp3) is 0.667. The van der Waals surface area contributed by atoms with Gasteiger partial charge in [-0.2, -0.15) is 0 Å². The van der Waals surface area contributed by atoms with E-state index in [2.05, 4.69) is 51.5 Å². The first-order valence-corrected chi connectivity index (χ1v) is 11.0. The van der Waals surface area contributed by atoms with Crippen LogP contribution in [-0.2, 0) is 4.74 Å². The average molecular weight is 405 g/mol. The molecule has 4 atom stereocenters. The van der Waals surface area contributed by atoms with Crippen molar-refractivity contribution in [2.75, 3.05) is 47.5 Å². The van der Waals surface area contributed by atoms with Gasteiger partial charge in [0.05, 0.1) is 34.4 Å². The predicted molar refractivity (Wildman–Crippen MR) is 115 cm³/mol.